The molecule has 0 aliphatic heterocycles. The minimum atomic E-state index is -2.52. The molecule has 3 unspecified atom stereocenters. The maximum absolute atomic E-state index is 13.2. The third-order valence-corrected chi connectivity index (χ3v) is 2.81. The SMILES string of the molecule is OC1(F)CC2CCC1(F)C2. The van der Waals surface area contributed by atoms with Crippen LogP contribution in [0, 0.1) is 5.92 Å². The molecule has 1 nitrogen and oxygen atoms in total. The molecule has 2 aliphatic rings. The van der Waals surface area contributed by atoms with E-state index in [4.69, 9.17) is 5.11 Å². The molecule has 0 heterocycles. The van der Waals surface area contributed by atoms with Crippen LogP contribution in [0.25, 0.3) is 0 Å². The quantitative estimate of drug-likeness (QED) is 0.552. The van der Waals surface area contributed by atoms with Crippen molar-refractivity contribution in [1.82, 2.24) is 0 Å². The zero-order valence-corrected chi connectivity index (χ0v) is 5.61. The van der Waals surface area contributed by atoms with E-state index in [1.54, 1.807) is 0 Å². The molecule has 0 aromatic carbocycles. The summed E-state index contributed by atoms with van der Waals surface area (Å²) < 4.78 is 26.1. The highest BCUT2D eigenvalue weighted by Gasteiger charge is 2.63. The summed E-state index contributed by atoms with van der Waals surface area (Å²) >= 11 is 0. The van der Waals surface area contributed by atoms with E-state index in [-0.39, 0.29) is 25.2 Å². The van der Waals surface area contributed by atoms with Gasteiger partial charge in [0.05, 0.1) is 0 Å². The summed E-state index contributed by atoms with van der Waals surface area (Å²) in [4.78, 5) is 0. The van der Waals surface area contributed by atoms with Crippen LogP contribution in [0.2, 0.25) is 0 Å². The first kappa shape index (κ1) is 6.53. The molecule has 2 bridgehead atoms. The molecule has 2 rings (SSSR count). The van der Waals surface area contributed by atoms with Gasteiger partial charge in [0, 0.05) is 6.42 Å². The minimum absolute atomic E-state index is 0.00347. The molecule has 0 radical (unpaired) electrons. The summed E-state index contributed by atoms with van der Waals surface area (Å²) in [6.45, 7) is 0. The maximum atomic E-state index is 13.2. The first-order chi connectivity index (χ1) is 4.54. The van der Waals surface area contributed by atoms with Crippen LogP contribution in [-0.2, 0) is 0 Å². The van der Waals surface area contributed by atoms with E-state index in [2.05, 4.69) is 0 Å². The topological polar surface area (TPSA) is 20.2 Å². The Morgan fingerprint density at radius 2 is 2.00 bits per heavy atom. The van der Waals surface area contributed by atoms with E-state index < -0.39 is 11.5 Å². The van der Waals surface area contributed by atoms with Gasteiger partial charge in [-0.15, -0.1) is 0 Å². The predicted octanol–water partition coefficient (Wildman–Crippen LogP) is 1.56. The largest absolute Gasteiger partial charge is 0.359 e. The second kappa shape index (κ2) is 1.52. The highest BCUT2D eigenvalue weighted by molar-refractivity contribution is 5.07. The summed E-state index contributed by atoms with van der Waals surface area (Å²) in [6.07, 6.45) is 1.16. The van der Waals surface area contributed by atoms with Gasteiger partial charge in [-0.05, 0) is 25.2 Å². The standard InChI is InChI=1S/C7H10F2O/c8-6-2-1-5(3-6)4-7(6,9)10/h5,10H,1-4H2. The zero-order chi connectivity index (χ0) is 7.41. The van der Waals surface area contributed by atoms with Gasteiger partial charge in [-0.1, -0.05) is 0 Å². The Bertz CT molecular complexity index is 167. The number of alkyl halides is 2. The molecule has 0 amide bonds. The van der Waals surface area contributed by atoms with Crippen molar-refractivity contribution < 1.29 is 13.9 Å². The molecule has 58 valence electrons. The number of rotatable bonds is 0. The lowest BCUT2D eigenvalue weighted by molar-refractivity contribution is -0.184. The van der Waals surface area contributed by atoms with E-state index >= 15 is 0 Å². The van der Waals surface area contributed by atoms with Crippen LogP contribution >= 0.6 is 0 Å². The van der Waals surface area contributed by atoms with Crippen molar-refractivity contribution in [2.45, 2.75) is 37.2 Å². The fourth-order valence-electron chi connectivity index (χ4n) is 2.18. The highest BCUT2D eigenvalue weighted by atomic mass is 19.2. The Balaban J connectivity index is 2.31. The van der Waals surface area contributed by atoms with E-state index in [0.717, 1.165) is 6.42 Å². The van der Waals surface area contributed by atoms with E-state index in [1.807, 2.05) is 0 Å². The van der Waals surface area contributed by atoms with Gasteiger partial charge < -0.3 is 5.11 Å². The second-order valence-corrected chi connectivity index (χ2v) is 3.54. The minimum Gasteiger partial charge on any atom is -0.359 e. The lowest BCUT2D eigenvalue weighted by Crippen LogP contribution is -2.42. The van der Waals surface area contributed by atoms with E-state index in [1.165, 1.54) is 0 Å². The molecule has 10 heavy (non-hydrogen) atoms. The Hall–Kier alpha value is -0.180. The highest BCUT2D eigenvalue weighted by Crippen LogP contribution is 2.56. The number of hydrogen-bond donors (Lipinski definition) is 1. The lowest BCUT2D eigenvalue weighted by atomic mass is 9.93. The lowest BCUT2D eigenvalue weighted by Gasteiger charge is -2.28. The Morgan fingerprint density at radius 3 is 2.20 bits per heavy atom. The van der Waals surface area contributed by atoms with E-state index in [9.17, 15) is 8.78 Å². The Kier molecular flexibility index (Phi) is 0.994. The van der Waals surface area contributed by atoms with Crippen LogP contribution in [0.3, 0.4) is 0 Å². The molecule has 2 saturated carbocycles. The van der Waals surface area contributed by atoms with Gasteiger partial charge in [0.15, 0.2) is 5.67 Å². The van der Waals surface area contributed by atoms with Crippen molar-refractivity contribution in [3.05, 3.63) is 0 Å². The number of aliphatic hydroxyl groups is 1. The third-order valence-electron chi connectivity index (χ3n) is 2.81. The molecule has 0 spiro atoms. The Labute approximate surface area is 58.0 Å². The summed E-state index contributed by atoms with van der Waals surface area (Å²) in [5.74, 6) is -2.43. The zero-order valence-electron chi connectivity index (χ0n) is 5.61. The molecule has 0 aromatic heterocycles. The van der Waals surface area contributed by atoms with Crippen molar-refractivity contribution in [2.24, 2.45) is 5.92 Å². The normalized spacial score (nSPS) is 59.7. The van der Waals surface area contributed by atoms with Crippen LogP contribution < -0.4 is 0 Å². The first-order valence-electron chi connectivity index (χ1n) is 3.64. The van der Waals surface area contributed by atoms with Gasteiger partial charge in [0.1, 0.15) is 0 Å². The average Bonchev–Trinajstić information content (AvgIpc) is 2.18. The molecule has 3 heteroatoms. The fraction of sp³-hybridized carbons (Fsp3) is 1.00. The smallest absolute Gasteiger partial charge is 0.241 e. The molecule has 0 saturated heterocycles. The summed E-state index contributed by atoms with van der Waals surface area (Å²) in [5, 5.41) is 8.90. The van der Waals surface area contributed by atoms with Crippen LogP contribution in [0.5, 0.6) is 0 Å². The fourth-order valence-corrected chi connectivity index (χ4v) is 2.18. The molecule has 3 atom stereocenters. The molecule has 1 N–H and O–H groups in total. The summed E-state index contributed by atoms with van der Waals surface area (Å²) in [5.41, 5.74) is -1.91. The second-order valence-electron chi connectivity index (χ2n) is 3.54. The average molecular weight is 148 g/mol. The van der Waals surface area contributed by atoms with E-state index in [0.29, 0.717) is 0 Å². The monoisotopic (exact) mass is 148 g/mol. The summed E-state index contributed by atoms with van der Waals surface area (Å²) in [6, 6.07) is 0. The Morgan fingerprint density at radius 1 is 1.30 bits per heavy atom. The van der Waals surface area contributed by atoms with Crippen molar-refractivity contribution >= 4 is 0 Å². The summed E-state index contributed by atoms with van der Waals surface area (Å²) in [7, 11) is 0. The van der Waals surface area contributed by atoms with Crippen molar-refractivity contribution in [1.29, 1.82) is 0 Å². The molecule has 2 fully saturated rings. The molecular weight excluding hydrogens is 138 g/mol. The molecule has 2 aliphatic carbocycles. The molecule has 0 aromatic rings. The third kappa shape index (κ3) is 0.590. The predicted molar refractivity (Wildman–Crippen MR) is 31.9 cm³/mol. The first-order valence-corrected chi connectivity index (χ1v) is 3.64. The van der Waals surface area contributed by atoms with Crippen LogP contribution in [0.1, 0.15) is 25.7 Å². The van der Waals surface area contributed by atoms with Crippen LogP contribution in [0.4, 0.5) is 8.78 Å². The number of halogens is 2. The van der Waals surface area contributed by atoms with Crippen molar-refractivity contribution in [3.8, 4) is 0 Å². The van der Waals surface area contributed by atoms with Gasteiger partial charge in [0.25, 0.3) is 0 Å². The van der Waals surface area contributed by atoms with Crippen LogP contribution in [0.15, 0.2) is 0 Å². The van der Waals surface area contributed by atoms with Gasteiger partial charge in [-0.25, -0.2) is 8.78 Å². The number of fused-ring (bicyclic) bond motifs is 2. The van der Waals surface area contributed by atoms with Crippen molar-refractivity contribution in [2.75, 3.05) is 0 Å². The molecular formula is C7H10F2O. The maximum Gasteiger partial charge on any atom is 0.241 e. The number of hydrogen-bond acceptors (Lipinski definition) is 1. The van der Waals surface area contributed by atoms with Gasteiger partial charge in [-0.2, -0.15) is 0 Å². The van der Waals surface area contributed by atoms with Gasteiger partial charge in [0.2, 0.25) is 5.85 Å². The van der Waals surface area contributed by atoms with Crippen molar-refractivity contribution in [3.63, 3.8) is 0 Å². The van der Waals surface area contributed by atoms with Crippen LogP contribution in [-0.4, -0.2) is 16.6 Å². The van der Waals surface area contributed by atoms with Gasteiger partial charge >= 0.3 is 0 Å². The van der Waals surface area contributed by atoms with Gasteiger partial charge in [-0.3, -0.25) is 0 Å².